The third kappa shape index (κ3) is 3.85. The first-order valence-corrected chi connectivity index (χ1v) is 6.23. The number of halogens is 2. The van der Waals surface area contributed by atoms with Crippen molar-refractivity contribution in [2.24, 2.45) is 5.73 Å². The molecule has 1 aromatic rings. The van der Waals surface area contributed by atoms with Crippen molar-refractivity contribution in [2.75, 3.05) is 13.2 Å². The molecule has 0 saturated carbocycles. The maximum atomic E-state index is 13.7. The van der Waals surface area contributed by atoms with E-state index in [0.717, 1.165) is 13.0 Å². The second-order valence-electron chi connectivity index (χ2n) is 3.65. The summed E-state index contributed by atoms with van der Waals surface area (Å²) in [6.07, 6.45) is 1.62. The third-order valence-electron chi connectivity index (χ3n) is 2.30. The van der Waals surface area contributed by atoms with Gasteiger partial charge in [-0.2, -0.15) is 0 Å². The summed E-state index contributed by atoms with van der Waals surface area (Å²) in [6.45, 7) is 3.35. The molecule has 2 nitrogen and oxygen atoms in total. The van der Waals surface area contributed by atoms with Crippen LogP contribution in [0.5, 0.6) is 0 Å². The van der Waals surface area contributed by atoms with E-state index in [4.69, 9.17) is 10.5 Å². The third-order valence-corrected chi connectivity index (χ3v) is 2.92. The minimum absolute atomic E-state index is 0.273. The van der Waals surface area contributed by atoms with Gasteiger partial charge in [0.05, 0.1) is 4.47 Å². The van der Waals surface area contributed by atoms with Crippen LogP contribution in [0.3, 0.4) is 0 Å². The molecule has 2 N–H and O–H groups in total. The second-order valence-corrected chi connectivity index (χ2v) is 4.50. The smallest absolute Gasteiger partial charge is 0.142 e. The van der Waals surface area contributed by atoms with Crippen LogP contribution in [0, 0.1) is 5.82 Å². The number of hydrogen-bond acceptors (Lipinski definition) is 2. The number of ether oxygens (including phenoxy) is 1. The highest BCUT2D eigenvalue weighted by molar-refractivity contribution is 9.10. The van der Waals surface area contributed by atoms with Gasteiger partial charge in [-0.25, -0.2) is 4.39 Å². The molecule has 0 aliphatic carbocycles. The molecule has 0 spiro atoms. The Bertz CT molecular complexity index is 333. The molecule has 0 aliphatic heterocycles. The highest BCUT2D eigenvalue weighted by atomic mass is 79.9. The van der Waals surface area contributed by atoms with Gasteiger partial charge in [-0.1, -0.05) is 19.1 Å². The van der Waals surface area contributed by atoms with Crippen LogP contribution in [0.2, 0.25) is 0 Å². The van der Waals surface area contributed by atoms with Crippen molar-refractivity contribution in [1.29, 1.82) is 0 Å². The van der Waals surface area contributed by atoms with Gasteiger partial charge in [-0.15, -0.1) is 0 Å². The molecule has 16 heavy (non-hydrogen) atoms. The van der Waals surface area contributed by atoms with Crippen molar-refractivity contribution in [3.63, 3.8) is 0 Å². The summed E-state index contributed by atoms with van der Waals surface area (Å²) >= 11 is 3.15. The van der Waals surface area contributed by atoms with E-state index in [1.165, 1.54) is 0 Å². The molecule has 4 heteroatoms. The lowest BCUT2D eigenvalue weighted by Gasteiger charge is -2.13. The van der Waals surface area contributed by atoms with Crippen LogP contribution in [-0.2, 0) is 4.74 Å². The molecule has 0 aromatic heterocycles. The average molecular weight is 290 g/mol. The van der Waals surface area contributed by atoms with E-state index in [1.807, 2.05) is 6.92 Å². The highest BCUT2D eigenvalue weighted by Crippen LogP contribution is 2.24. The van der Waals surface area contributed by atoms with Crippen LogP contribution < -0.4 is 5.73 Å². The standard InChI is InChI=1S/C12H17BrFNO/c1-2-7-16-8-6-11(15)9-4-3-5-10(13)12(9)14/h3-5,11H,2,6-8,15H2,1H3. The van der Waals surface area contributed by atoms with Crippen LogP contribution in [0.1, 0.15) is 31.4 Å². The Balaban J connectivity index is 2.52. The fraction of sp³-hybridized carbons (Fsp3) is 0.500. The first-order valence-electron chi connectivity index (χ1n) is 5.44. The first-order chi connectivity index (χ1) is 7.66. The molecule has 0 saturated heterocycles. The molecule has 0 amide bonds. The molecule has 0 aliphatic rings. The van der Waals surface area contributed by atoms with Gasteiger partial charge in [0.2, 0.25) is 0 Å². The van der Waals surface area contributed by atoms with E-state index < -0.39 is 0 Å². The maximum absolute atomic E-state index is 13.7. The van der Waals surface area contributed by atoms with Crippen LogP contribution in [0.15, 0.2) is 22.7 Å². The zero-order chi connectivity index (χ0) is 12.0. The molecule has 1 rings (SSSR count). The van der Waals surface area contributed by atoms with Crippen molar-refractivity contribution < 1.29 is 9.13 Å². The molecule has 0 bridgehead atoms. The maximum Gasteiger partial charge on any atom is 0.142 e. The Hall–Kier alpha value is -0.450. The van der Waals surface area contributed by atoms with Crippen molar-refractivity contribution in [3.05, 3.63) is 34.1 Å². The number of benzene rings is 1. The zero-order valence-corrected chi connectivity index (χ0v) is 11.0. The number of hydrogen-bond donors (Lipinski definition) is 1. The quantitative estimate of drug-likeness (QED) is 0.815. The van der Waals surface area contributed by atoms with Crippen molar-refractivity contribution >= 4 is 15.9 Å². The van der Waals surface area contributed by atoms with Gasteiger partial charge >= 0.3 is 0 Å². The molecule has 0 radical (unpaired) electrons. The Morgan fingerprint density at radius 2 is 2.19 bits per heavy atom. The van der Waals surface area contributed by atoms with Gasteiger partial charge < -0.3 is 10.5 Å². The van der Waals surface area contributed by atoms with Crippen molar-refractivity contribution in [3.8, 4) is 0 Å². The predicted octanol–water partition coefficient (Wildman–Crippen LogP) is 3.40. The zero-order valence-electron chi connectivity index (χ0n) is 9.38. The lowest BCUT2D eigenvalue weighted by atomic mass is 10.0. The van der Waals surface area contributed by atoms with Crippen molar-refractivity contribution in [1.82, 2.24) is 0 Å². The molecule has 0 heterocycles. The van der Waals surface area contributed by atoms with Gasteiger partial charge in [-0.05, 0) is 34.8 Å². The summed E-state index contributed by atoms with van der Waals surface area (Å²) in [5.74, 6) is -0.273. The van der Waals surface area contributed by atoms with Crippen LogP contribution in [0.4, 0.5) is 4.39 Å². The highest BCUT2D eigenvalue weighted by Gasteiger charge is 2.12. The van der Waals surface area contributed by atoms with E-state index in [1.54, 1.807) is 18.2 Å². The summed E-state index contributed by atoms with van der Waals surface area (Å²) in [5, 5.41) is 0. The molecular formula is C12H17BrFNO. The lowest BCUT2D eigenvalue weighted by Crippen LogP contribution is -2.15. The van der Waals surface area contributed by atoms with E-state index >= 15 is 0 Å². The summed E-state index contributed by atoms with van der Waals surface area (Å²) in [4.78, 5) is 0. The Kier molecular flexibility index (Phi) is 5.95. The molecule has 0 fully saturated rings. The monoisotopic (exact) mass is 289 g/mol. The van der Waals surface area contributed by atoms with Crippen LogP contribution in [-0.4, -0.2) is 13.2 Å². The van der Waals surface area contributed by atoms with Gasteiger partial charge in [0.15, 0.2) is 0 Å². The van der Waals surface area contributed by atoms with Crippen LogP contribution >= 0.6 is 15.9 Å². The van der Waals surface area contributed by atoms with Gasteiger partial charge in [-0.3, -0.25) is 0 Å². The fourth-order valence-electron chi connectivity index (χ4n) is 1.42. The fourth-order valence-corrected chi connectivity index (χ4v) is 1.80. The summed E-state index contributed by atoms with van der Waals surface area (Å²) < 4.78 is 19.4. The molecule has 1 aromatic carbocycles. The largest absolute Gasteiger partial charge is 0.381 e. The van der Waals surface area contributed by atoms with Gasteiger partial charge in [0.25, 0.3) is 0 Å². The number of nitrogens with two attached hydrogens (primary N) is 1. The molecule has 90 valence electrons. The minimum Gasteiger partial charge on any atom is -0.381 e. The lowest BCUT2D eigenvalue weighted by molar-refractivity contribution is 0.127. The summed E-state index contributed by atoms with van der Waals surface area (Å²) in [6, 6.07) is 4.85. The second kappa shape index (κ2) is 6.99. The van der Waals surface area contributed by atoms with E-state index in [9.17, 15) is 4.39 Å². The SMILES string of the molecule is CCCOCCC(N)c1cccc(Br)c1F. The normalized spacial score (nSPS) is 12.8. The molecular weight excluding hydrogens is 273 g/mol. The average Bonchev–Trinajstić information content (AvgIpc) is 2.28. The predicted molar refractivity (Wildman–Crippen MR) is 66.8 cm³/mol. The Labute approximate surface area is 104 Å². The van der Waals surface area contributed by atoms with E-state index in [-0.39, 0.29) is 11.9 Å². The van der Waals surface area contributed by atoms with Crippen LogP contribution in [0.25, 0.3) is 0 Å². The number of rotatable bonds is 6. The summed E-state index contributed by atoms with van der Waals surface area (Å²) in [7, 11) is 0. The first kappa shape index (κ1) is 13.6. The molecule has 1 atom stereocenters. The minimum atomic E-state index is -0.311. The Morgan fingerprint density at radius 1 is 1.44 bits per heavy atom. The van der Waals surface area contributed by atoms with Crippen molar-refractivity contribution in [2.45, 2.75) is 25.8 Å². The Morgan fingerprint density at radius 3 is 2.88 bits per heavy atom. The van der Waals surface area contributed by atoms with Gasteiger partial charge in [0.1, 0.15) is 5.82 Å². The molecule has 1 unspecified atom stereocenters. The van der Waals surface area contributed by atoms with E-state index in [0.29, 0.717) is 23.1 Å². The summed E-state index contributed by atoms with van der Waals surface area (Å²) in [5.41, 5.74) is 6.44. The van der Waals surface area contributed by atoms with Gasteiger partial charge in [0, 0.05) is 24.8 Å². The van der Waals surface area contributed by atoms with E-state index in [2.05, 4.69) is 15.9 Å². The topological polar surface area (TPSA) is 35.2 Å².